The molecule has 0 bridgehead atoms. The summed E-state index contributed by atoms with van der Waals surface area (Å²) >= 11 is 6.06. The predicted molar refractivity (Wildman–Crippen MR) is 110 cm³/mol. The van der Waals surface area contributed by atoms with Crippen LogP contribution in [0.5, 0.6) is 0 Å². The molecular weight excluding hydrogens is 346 g/mol. The molecule has 1 atom stereocenters. The molecule has 3 rings (SSSR count). The van der Waals surface area contributed by atoms with Crippen LogP contribution in [0.15, 0.2) is 42.8 Å². The smallest absolute Gasteiger partial charge is 0.111 e. The molecule has 1 aromatic heterocycles. The highest BCUT2D eigenvalue weighted by Gasteiger charge is 2.15. The molecule has 0 amide bonds. The SMILES string of the molecule is CCCN(CCCNc1ccnc2cc(Cl)ccc12)CC1CCC=CO1. The van der Waals surface area contributed by atoms with Crippen molar-refractivity contribution in [1.82, 2.24) is 9.88 Å². The average Bonchev–Trinajstić information content (AvgIpc) is 2.66. The first-order valence-corrected chi connectivity index (χ1v) is 9.95. The Balaban J connectivity index is 1.49. The van der Waals surface area contributed by atoms with Crippen molar-refractivity contribution in [3.05, 3.63) is 47.8 Å². The molecule has 1 aromatic carbocycles. The Hall–Kier alpha value is -1.78. The third-order valence-corrected chi connectivity index (χ3v) is 4.93. The molecule has 0 radical (unpaired) electrons. The predicted octanol–water partition coefficient (Wildman–Crippen LogP) is 5.09. The number of ether oxygens (including phenoxy) is 1. The average molecular weight is 374 g/mol. The molecule has 0 saturated carbocycles. The minimum absolute atomic E-state index is 0.341. The van der Waals surface area contributed by atoms with Gasteiger partial charge in [-0.05, 0) is 69.1 Å². The van der Waals surface area contributed by atoms with Gasteiger partial charge in [-0.1, -0.05) is 18.5 Å². The van der Waals surface area contributed by atoms with Crippen LogP contribution in [0.1, 0.15) is 32.6 Å². The number of halogens is 1. The number of allylic oxidation sites excluding steroid dienone is 1. The Morgan fingerprint density at radius 3 is 3.04 bits per heavy atom. The number of nitrogens with zero attached hydrogens (tertiary/aromatic N) is 2. The molecule has 5 heteroatoms. The highest BCUT2D eigenvalue weighted by atomic mass is 35.5. The summed E-state index contributed by atoms with van der Waals surface area (Å²) in [6.45, 7) is 6.41. The van der Waals surface area contributed by atoms with Crippen LogP contribution in [-0.2, 0) is 4.74 Å². The third-order valence-electron chi connectivity index (χ3n) is 4.70. The summed E-state index contributed by atoms with van der Waals surface area (Å²) in [5, 5.41) is 5.39. The van der Waals surface area contributed by atoms with Crippen LogP contribution in [-0.4, -0.2) is 42.2 Å². The Morgan fingerprint density at radius 2 is 2.23 bits per heavy atom. The fraction of sp³-hybridized carbons (Fsp3) is 0.476. The molecular formula is C21H28ClN3O. The maximum absolute atomic E-state index is 6.06. The molecule has 2 aromatic rings. The van der Waals surface area contributed by atoms with Crippen molar-refractivity contribution >= 4 is 28.2 Å². The first kappa shape index (κ1) is 19.0. The van der Waals surface area contributed by atoms with E-state index >= 15 is 0 Å². The number of rotatable bonds is 9. The van der Waals surface area contributed by atoms with Crippen molar-refractivity contribution < 1.29 is 4.74 Å². The molecule has 1 aliphatic rings. The first-order valence-electron chi connectivity index (χ1n) is 9.57. The fourth-order valence-electron chi connectivity index (χ4n) is 3.42. The van der Waals surface area contributed by atoms with E-state index in [4.69, 9.17) is 16.3 Å². The van der Waals surface area contributed by atoms with Crippen LogP contribution >= 0.6 is 11.6 Å². The standard InChI is InChI=1S/C21H28ClN3O/c1-2-12-25(16-18-6-3-4-14-26-18)13-5-10-23-20-9-11-24-21-15-17(22)7-8-19(20)21/h4,7-9,11,14-15,18H,2-3,5-6,10,12-13,16H2,1H3,(H,23,24). The van der Waals surface area contributed by atoms with E-state index in [0.29, 0.717) is 6.10 Å². The van der Waals surface area contributed by atoms with Crippen LogP contribution in [0.4, 0.5) is 5.69 Å². The second-order valence-electron chi connectivity index (χ2n) is 6.81. The van der Waals surface area contributed by atoms with Gasteiger partial charge in [0.15, 0.2) is 0 Å². The van der Waals surface area contributed by atoms with Gasteiger partial charge in [0.05, 0.1) is 11.8 Å². The zero-order valence-electron chi connectivity index (χ0n) is 15.5. The number of fused-ring (bicyclic) bond motifs is 1. The lowest BCUT2D eigenvalue weighted by atomic mass is 10.1. The number of aromatic nitrogens is 1. The number of benzene rings is 1. The molecule has 0 aliphatic carbocycles. The summed E-state index contributed by atoms with van der Waals surface area (Å²) in [5.41, 5.74) is 2.05. The molecule has 140 valence electrons. The zero-order chi connectivity index (χ0) is 18.2. The monoisotopic (exact) mass is 373 g/mol. The van der Waals surface area contributed by atoms with Gasteiger partial charge in [-0.15, -0.1) is 0 Å². The lowest BCUT2D eigenvalue weighted by Crippen LogP contribution is -2.35. The van der Waals surface area contributed by atoms with Gasteiger partial charge in [0.25, 0.3) is 0 Å². The Labute approximate surface area is 161 Å². The van der Waals surface area contributed by atoms with Crippen LogP contribution in [0.25, 0.3) is 10.9 Å². The van der Waals surface area contributed by atoms with Crippen molar-refractivity contribution in [3.8, 4) is 0 Å². The maximum Gasteiger partial charge on any atom is 0.111 e. The van der Waals surface area contributed by atoms with E-state index < -0.39 is 0 Å². The largest absolute Gasteiger partial charge is 0.497 e. The van der Waals surface area contributed by atoms with E-state index in [9.17, 15) is 0 Å². The summed E-state index contributed by atoms with van der Waals surface area (Å²) in [6.07, 6.45) is 10.7. The zero-order valence-corrected chi connectivity index (χ0v) is 16.2. The maximum atomic E-state index is 6.06. The van der Waals surface area contributed by atoms with Gasteiger partial charge in [0.1, 0.15) is 6.10 Å². The lowest BCUT2D eigenvalue weighted by molar-refractivity contribution is 0.0786. The van der Waals surface area contributed by atoms with Crippen molar-refractivity contribution in [2.45, 2.75) is 38.7 Å². The Bertz CT molecular complexity index is 734. The topological polar surface area (TPSA) is 37.4 Å². The number of hydrogen-bond acceptors (Lipinski definition) is 4. The van der Waals surface area contributed by atoms with E-state index in [1.165, 1.54) is 6.42 Å². The molecule has 1 N–H and O–H groups in total. The van der Waals surface area contributed by atoms with E-state index in [1.807, 2.05) is 36.7 Å². The Kier molecular flexibility index (Phi) is 7.15. The summed E-state index contributed by atoms with van der Waals surface area (Å²) in [7, 11) is 0. The van der Waals surface area contributed by atoms with Crippen molar-refractivity contribution in [1.29, 1.82) is 0 Å². The van der Waals surface area contributed by atoms with E-state index in [1.54, 1.807) is 0 Å². The van der Waals surface area contributed by atoms with Crippen LogP contribution in [0.2, 0.25) is 5.02 Å². The molecule has 1 unspecified atom stereocenters. The highest BCUT2D eigenvalue weighted by Crippen LogP contribution is 2.24. The van der Waals surface area contributed by atoms with Crippen molar-refractivity contribution in [2.24, 2.45) is 0 Å². The minimum Gasteiger partial charge on any atom is -0.497 e. The number of pyridine rings is 1. The Morgan fingerprint density at radius 1 is 1.31 bits per heavy atom. The number of anilines is 1. The summed E-state index contributed by atoms with van der Waals surface area (Å²) in [6, 6.07) is 7.88. The third kappa shape index (κ3) is 5.36. The fourth-order valence-corrected chi connectivity index (χ4v) is 3.59. The van der Waals surface area contributed by atoms with Gasteiger partial charge < -0.3 is 10.1 Å². The quantitative estimate of drug-likeness (QED) is 0.621. The van der Waals surface area contributed by atoms with Gasteiger partial charge in [-0.2, -0.15) is 0 Å². The lowest BCUT2D eigenvalue weighted by Gasteiger charge is -2.28. The first-order chi connectivity index (χ1) is 12.8. The van der Waals surface area contributed by atoms with E-state index in [2.05, 4.69) is 28.2 Å². The van der Waals surface area contributed by atoms with Gasteiger partial charge >= 0.3 is 0 Å². The van der Waals surface area contributed by atoms with Crippen molar-refractivity contribution in [3.63, 3.8) is 0 Å². The van der Waals surface area contributed by atoms with Crippen LogP contribution in [0, 0.1) is 0 Å². The second-order valence-corrected chi connectivity index (χ2v) is 7.24. The van der Waals surface area contributed by atoms with Crippen LogP contribution < -0.4 is 5.32 Å². The summed E-state index contributed by atoms with van der Waals surface area (Å²) in [5.74, 6) is 0. The van der Waals surface area contributed by atoms with Gasteiger partial charge in [0, 0.05) is 35.4 Å². The number of nitrogens with one attached hydrogen (secondary N) is 1. The van der Waals surface area contributed by atoms with E-state index in [-0.39, 0.29) is 0 Å². The van der Waals surface area contributed by atoms with Gasteiger partial charge in [-0.3, -0.25) is 9.88 Å². The second kappa shape index (κ2) is 9.79. The highest BCUT2D eigenvalue weighted by molar-refractivity contribution is 6.31. The van der Waals surface area contributed by atoms with Gasteiger partial charge in [-0.25, -0.2) is 0 Å². The molecule has 4 nitrogen and oxygen atoms in total. The van der Waals surface area contributed by atoms with Crippen LogP contribution in [0.3, 0.4) is 0 Å². The normalized spacial score (nSPS) is 16.8. The summed E-state index contributed by atoms with van der Waals surface area (Å²) < 4.78 is 5.73. The number of hydrogen-bond donors (Lipinski definition) is 1. The molecule has 0 spiro atoms. The molecule has 26 heavy (non-hydrogen) atoms. The van der Waals surface area contributed by atoms with Gasteiger partial charge in [0.2, 0.25) is 0 Å². The summed E-state index contributed by atoms with van der Waals surface area (Å²) in [4.78, 5) is 6.92. The molecule has 0 saturated heterocycles. The van der Waals surface area contributed by atoms with E-state index in [0.717, 1.165) is 67.1 Å². The minimum atomic E-state index is 0.341. The molecule has 1 aliphatic heterocycles. The van der Waals surface area contributed by atoms with Crippen molar-refractivity contribution in [2.75, 3.05) is 31.5 Å². The molecule has 0 fully saturated rings. The molecule has 2 heterocycles.